The molecular formula is C27H23ClN8OS. The number of carbonyl (C=O) groups is 1. The number of amides is 2. The van der Waals surface area contributed by atoms with Crippen LogP contribution in [0.5, 0.6) is 0 Å². The van der Waals surface area contributed by atoms with Gasteiger partial charge in [-0.25, -0.2) is 19.4 Å². The molecule has 9 nitrogen and oxygen atoms in total. The number of anilines is 3. The third-order valence-electron chi connectivity index (χ3n) is 6.08. The highest BCUT2D eigenvalue weighted by atomic mass is 35.5. The Morgan fingerprint density at radius 3 is 2.61 bits per heavy atom. The van der Waals surface area contributed by atoms with E-state index in [0.717, 1.165) is 32.6 Å². The van der Waals surface area contributed by atoms with Gasteiger partial charge in [0, 0.05) is 17.0 Å². The Balaban J connectivity index is 1.41. The smallest absolute Gasteiger partial charge is 0.324 e. The van der Waals surface area contributed by atoms with Crippen LogP contribution >= 0.6 is 22.9 Å². The Labute approximate surface area is 227 Å². The number of nitrogens with two attached hydrogens (primary N) is 1. The number of nitrogens with one attached hydrogen (secondary N) is 2. The number of benzene rings is 2. The van der Waals surface area contributed by atoms with E-state index < -0.39 is 11.4 Å². The minimum Gasteiger partial charge on any atom is -0.383 e. The summed E-state index contributed by atoms with van der Waals surface area (Å²) in [5.41, 5.74) is 9.73. The third kappa shape index (κ3) is 4.77. The molecule has 0 spiro atoms. The highest BCUT2D eigenvalue weighted by molar-refractivity contribution is 7.17. The van der Waals surface area contributed by atoms with E-state index in [4.69, 9.17) is 17.3 Å². The Morgan fingerprint density at radius 2 is 1.89 bits per heavy atom. The van der Waals surface area contributed by atoms with Gasteiger partial charge in [-0.3, -0.25) is 5.32 Å². The molecule has 2 aromatic carbocycles. The summed E-state index contributed by atoms with van der Waals surface area (Å²) in [6, 6.07) is 16.5. The molecule has 0 atom stereocenters. The van der Waals surface area contributed by atoms with Crippen LogP contribution in [0, 0.1) is 18.3 Å². The van der Waals surface area contributed by atoms with Gasteiger partial charge in [0.25, 0.3) is 0 Å². The van der Waals surface area contributed by atoms with Crippen LogP contribution in [0.25, 0.3) is 27.0 Å². The van der Waals surface area contributed by atoms with E-state index >= 15 is 0 Å². The van der Waals surface area contributed by atoms with Crippen LogP contribution in [0.4, 0.5) is 22.1 Å². The minimum absolute atomic E-state index is 0.353. The van der Waals surface area contributed by atoms with Crippen LogP contribution in [0.2, 0.25) is 5.02 Å². The van der Waals surface area contributed by atoms with E-state index in [1.165, 1.54) is 17.7 Å². The first-order chi connectivity index (χ1) is 18.2. The van der Waals surface area contributed by atoms with E-state index in [1.54, 1.807) is 36.7 Å². The van der Waals surface area contributed by atoms with Crippen molar-refractivity contribution in [2.45, 2.75) is 26.2 Å². The molecule has 190 valence electrons. The van der Waals surface area contributed by atoms with E-state index in [0.29, 0.717) is 28.0 Å². The summed E-state index contributed by atoms with van der Waals surface area (Å²) in [6.45, 7) is 5.54. The van der Waals surface area contributed by atoms with E-state index in [9.17, 15) is 10.1 Å². The fourth-order valence-corrected chi connectivity index (χ4v) is 5.03. The number of nitriles is 1. The maximum absolute atomic E-state index is 13.0. The fourth-order valence-electron chi connectivity index (χ4n) is 3.88. The van der Waals surface area contributed by atoms with Crippen molar-refractivity contribution in [3.63, 3.8) is 0 Å². The molecule has 4 N–H and O–H groups in total. The van der Waals surface area contributed by atoms with Crippen LogP contribution in [-0.4, -0.2) is 25.8 Å². The summed E-state index contributed by atoms with van der Waals surface area (Å²) in [6.07, 6.45) is 1.44. The van der Waals surface area contributed by atoms with Crippen molar-refractivity contribution in [1.82, 2.24) is 19.7 Å². The van der Waals surface area contributed by atoms with Gasteiger partial charge in [-0.1, -0.05) is 35.4 Å². The molecule has 0 fully saturated rings. The normalized spacial score (nSPS) is 11.3. The van der Waals surface area contributed by atoms with Crippen LogP contribution in [0.3, 0.4) is 0 Å². The number of hydrogen-bond donors (Lipinski definition) is 3. The monoisotopic (exact) mass is 542 g/mol. The van der Waals surface area contributed by atoms with Crippen molar-refractivity contribution in [2.24, 2.45) is 0 Å². The lowest BCUT2D eigenvalue weighted by molar-refractivity contribution is 0.262. The predicted molar refractivity (Wildman–Crippen MR) is 152 cm³/mol. The third-order valence-corrected chi connectivity index (χ3v) is 7.28. The van der Waals surface area contributed by atoms with Gasteiger partial charge in [-0.05, 0) is 50.6 Å². The zero-order valence-corrected chi connectivity index (χ0v) is 22.4. The molecule has 0 saturated heterocycles. The zero-order valence-electron chi connectivity index (χ0n) is 20.8. The van der Waals surface area contributed by atoms with Gasteiger partial charge < -0.3 is 11.1 Å². The van der Waals surface area contributed by atoms with Crippen LogP contribution in [0.1, 0.15) is 25.1 Å². The van der Waals surface area contributed by atoms with Gasteiger partial charge in [0.05, 0.1) is 39.0 Å². The fraction of sp³-hybridized carbons (Fsp3) is 0.148. The van der Waals surface area contributed by atoms with Crippen LogP contribution in [-0.2, 0) is 5.41 Å². The predicted octanol–water partition coefficient (Wildman–Crippen LogP) is 6.53. The van der Waals surface area contributed by atoms with Gasteiger partial charge in [0.1, 0.15) is 22.8 Å². The summed E-state index contributed by atoms with van der Waals surface area (Å²) in [7, 11) is 0. The number of nitrogens with zero attached hydrogens (tertiary/aromatic N) is 5. The molecule has 0 aliphatic rings. The van der Waals surface area contributed by atoms with Crippen LogP contribution < -0.4 is 16.4 Å². The number of carbonyl (C=O) groups excluding carboxylic acids is 1. The van der Waals surface area contributed by atoms with Gasteiger partial charge in [-0.15, -0.1) is 11.3 Å². The number of hydrogen-bond acceptors (Lipinski definition) is 7. The molecule has 0 aliphatic heterocycles. The molecule has 0 saturated carbocycles. The second kappa shape index (κ2) is 9.78. The van der Waals surface area contributed by atoms with E-state index in [-0.39, 0.29) is 0 Å². The molecule has 0 bridgehead atoms. The summed E-state index contributed by atoms with van der Waals surface area (Å²) in [5, 5.41) is 22.9. The average Bonchev–Trinajstić information content (AvgIpc) is 3.52. The van der Waals surface area contributed by atoms with Gasteiger partial charge in [-0.2, -0.15) is 10.4 Å². The largest absolute Gasteiger partial charge is 0.383 e. The Bertz CT molecular complexity index is 1720. The number of aromatic nitrogens is 4. The lowest BCUT2D eigenvalue weighted by Gasteiger charge is -2.12. The van der Waals surface area contributed by atoms with Gasteiger partial charge >= 0.3 is 6.03 Å². The quantitative estimate of drug-likeness (QED) is 0.231. The Kier molecular flexibility index (Phi) is 6.48. The topological polar surface area (TPSA) is 135 Å². The van der Waals surface area contributed by atoms with Crippen molar-refractivity contribution in [2.75, 3.05) is 16.4 Å². The van der Waals surface area contributed by atoms with Crippen molar-refractivity contribution < 1.29 is 4.79 Å². The Morgan fingerprint density at radius 1 is 1.13 bits per heavy atom. The molecule has 11 heteroatoms. The second-order valence-electron chi connectivity index (χ2n) is 9.26. The summed E-state index contributed by atoms with van der Waals surface area (Å²) >= 11 is 8.02. The summed E-state index contributed by atoms with van der Waals surface area (Å²) < 4.78 is 1.60. The van der Waals surface area contributed by atoms with Crippen LogP contribution in [0.15, 0.2) is 60.2 Å². The van der Waals surface area contributed by atoms with Crippen molar-refractivity contribution >= 4 is 56.5 Å². The molecule has 5 aromatic rings. The standard InChI is InChI=1S/C27H23ClN8OS/c1-15-4-7-17(8-5-15)36-22(11-21(35-36)27(2,3)13-29)34-26(37)33-20-9-6-16(10-19(20)28)18-12-38-25-23(18)24(30)31-14-32-25/h4-12,14H,1-3H3,(H2,30,31,32)(H2,33,34,37). The molecule has 0 unspecified atom stereocenters. The summed E-state index contributed by atoms with van der Waals surface area (Å²) in [5.74, 6) is 0.811. The molecule has 5 rings (SSSR count). The first-order valence-corrected chi connectivity index (χ1v) is 12.9. The lowest BCUT2D eigenvalue weighted by Crippen LogP contribution is -2.21. The maximum Gasteiger partial charge on any atom is 0.324 e. The first-order valence-electron chi connectivity index (χ1n) is 11.6. The molecule has 0 aliphatic carbocycles. The number of aryl methyl sites for hydroxylation is 1. The number of rotatable bonds is 5. The number of fused-ring (bicyclic) bond motifs is 1. The number of thiophene rings is 1. The van der Waals surface area contributed by atoms with Crippen molar-refractivity contribution in [3.05, 3.63) is 76.5 Å². The molecule has 0 radical (unpaired) electrons. The molecular weight excluding hydrogens is 520 g/mol. The first kappa shape index (κ1) is 25.2. The van der Waals surface area contributed by atoms with E-state index in [1.807, 2.05) is 42.6 Å². The maximum atomic E-state index is 13.0. The number of halogens is 1. The van der Waals surface area contributed by atoms with Crippen molar-refractivity contribution in [1.29, 1.82) is 5.26 Å². The number of urea groups is 1. The second-order valence-corrected chi connectivity index (χ2v) is 10.5. The summed E-state index contributed by atoms with van der Waals surface area (Å²) in [4.78, 5) is 22.2. The lowest BCUT2D eigenvalue weighted by atomic mass is 9.92. The van der Waals surface area contributed by atoms with Gasteiger partial charge in [0.15, 0.2) is 0 Å². The van der Waals surface area contributed by atoms with Crippen molar-refractivity contribution in [3.8, 4) is 22.9 Å². The van der Waals surface area contributed by atoms with Gasteiger partial charge in [0.2, 0.25) is 0 Å². The highest BCUT2D eigenvalue weighted by Gasteiger charge is 2.26. The zero-order chi connectivity index (χ0) is 27.0. The SMILES string of the molecule is Cc1ccc(-n2nc(C(C)(C)C#N)cc2NC(=O)Nc2ccc(-c3csc4ncnc(N)c34)cc2Cl)cc1. The molecule has 3 heterocycles. The number of nitrogen functional groups attached to an aromatic ring is 1. The molecule has 38 heavy (non-hydrogen) atoms. The average molecular weight is 543 g/mol. The molecule has 3 aromatic heterocycles. The highest BCUT2D eigenvalue weighted by Crippen LogP contribution is 2.38. The minimum atomic E-state index is -0.845. The molecule has 2 amide bonds. The van der Waals surface area contributed by atoms with E-state index in [2.05, 4.69) is 31.8 Å². The Hall–Kier alpha value is -4.46.